The van der Waals surface area contributed by atoms with Crippen molar-refractivity contribution in [2.24, 2.45) is 5.10 Å². The topological polar surface area (TPSA) is 42.2 Å². The Morgan fingerprint density at radius 3 is 2.46 bits per heavy atom. The van der Waals surface area contributed by atoms with Crippen LogP contribution in [-0.4, -0.2) is 16.0 Å². The van der Waals surface area contributed by atoms with Crippen molar-refractivity contribution in [1.29, 1.82) is 0 Å². The molecule has 0 unspecified atom stereocenters. The highest BCUT2D eigenvalue weighted by Gasteiger charge is 2.13. The second kappa shape index (κ2) is 6.84. The molecule has 0 atom stereocenters. The number of nitrogens with zero attached hydrogens (tertiary/aromatic N) is 3. The molecule has 0 spiro atoms. The van der Waals surface area contributed by atoms with Crippen molar-refractivity contribution in [3.8, 4) is 5.69 Å². The molecule has 128 valence electrons. The summed E-state index contributed by atoms with van der Waals surface area (Å²) in [6.07, 6.45) is 1.84. The van der Waals surface area contributed by atoms with Crippen LogP contribution in [0.1, 0.15) is 17.0 Å². The molecule has 4 aromatic rings. The minimum absolute atomic E-state index is 0.953. The van der Waals surface area contributed by atoms with E-state index in [1.165, 1.54) is 10.8 Å². The van der Waals surface area contributed by atoms with Crippen LogP contribution in [0.3, 0.4) is 0 Å². The van der Waals surface area contributed by atoms with Gasteiger partial charge in [0.25, 0.3) is 0 Å². The number of anilines is 1. The molecule has 4 heteroatoms. The van der Waals surface area contributed by atoms with Crippen molar-refractivity contribution in [3.63, 3.8) is 0 Å². The van der Waals surface area contributed by atoms with E-state index in [1.54, 1.807) is 0 Å². The van der Waals surface area contributed by atoms with Crippen LogP contribution in [0.4, 0.5) is 5.69 Å². The number of para-hydroxylation sites is 1. The molecule has 0 aliphatic rings. The number of benzene rings is 3. The summed E-state index contributed by atoms with van der Waals surface area (Å²) >= 11 is 0. The normalized spacial score (nSPS) is 11.3. The van der Waals surface area contributed by atoms with Gasteiger partial charge in [0, 0.05) is 10.9 Å². The van der Waals surface area contributed by atoms with Gasteiger partial charge in [-0.3, -0.25) is 5.43 Å². The van der Waals surface area contributed by atoms with E-state index < -0.39 is 0 Å². The fourth-order valence-electron chi connectivity index (χ4n) is 3.15. The van der Waals surface area contributed by atoms with Crippen LogP contribution in [0.5, 0.6) is 0 Å². The monoisotopic (exact) mass is 340 g/mol. The molecule has 0 radical (unpaired) electrons. The van der Waals surface area contributed by atoms with Gasteiger partial charge in [0.1, 0.15) is 0 Å². The number of aryl methyl sites for hydroxylation is 1. The van der Waals surface area contributed by atoms with Gasteiger partial charge >= 0.3 is 0 Å². The zero-order chi connectivity index (χ0) is 17.9. The average Bonchev–Trinajstić information content (AvgIpc) is 2.96. The predicted octanol–water partition coefficient (Wildman–Crippen LogP) is 5.09. The van der Waals surface area contributed by atoms with Gasteiger partial charge in [-0.05, 0) is 37.4 Å². The molecule has 0 aliphatic carbocycles. The fourth-order valence-corrected chi connectivity index (χ4v) is 3.15. The molecule has 3 aromatic carbocycles. The Balaban J connectivity index is 1.70. The maximum atomic E-state index is 4.75. The highest BCUT2D eigenvalue weighted by atomic mass is 15.3. The van der Waals surface area contributed by atoms with Crippen LogP contribution in [0.2, 0.25) is 0 Å². The van der Waals surface area contributed by atoms with E-state index in [1.807, 2.05) is 48.2 Å². The van der Waals surface area contributed by atoms with Crippen LogP contribution in [0, 0.1) is 13.8 Å². The highest BCUT2D eigenvalue weighted by Crippen LogP contribution is 2.24. The summed E-state index contributed by atoms with van der Waals surface area (Å²) in [5.74, 6) is 0. The lowest BCUT2D eigenvalue weighted by atomic mass is 10.1. The number of fused-ring (bicyclic) bond motifs is 1. The van der Waals surface area contributed by atoms with Gasteiger partial charge in [0.2, 0.25) is 0 Å². The smallest absolute Gasteiger partial charge is 0.0727 e. The summed E-state index contributed by atoms with van der Waals surface area (Å²) in [5, 5.41) is 11.5. The van der Waals surface area contributed by atoms with Gasteiger partial charge in [0.05, 0.1) is 29.0 Å². The molecule has 0 amide bonds. The van der Waals surface area contributed by atoms with Gasteiger partial charge in [-0.2, -0.15) is 10.2 Å². The lowest BCUT2D eigenvalue weighted by Crippen LogP contribution is -2.00. The summed E-state index contributed by atoms with van der Waals surface area (Å²) in [5.41, 5.74) is 8.15. The standard InChI is InChI=1S/C22H20N4/c1-16-21(15-23-24-19-11-4-3-5-12-19)17(2)26(25-16)22-14-8-10-18-9-6-7-13-20(18)22/h3-15,24H,1-2H3/b23-15+. The summed E-state index contributed by atoms with van der Waals surface area (Å²) < 4.78 is 2.00. The van der Waals surface area contributed by atoms with Gasteiger partial charge in [0.15, 0.2) is 0 Å². The highest BCUT2D eigenvalue weighted by molar-refractivity contribution is 5.91. The van der Waals surface area contributed by atoms with Crippen molar-refractivity contribution < 1.29 is 0 Å². The number of aromatic nitrogens is 2. The number of rotatable bonds is 4. The van der Waals surface area contributed by atoms with Crippen molar-refractivity contribution in [2.75, 3.05) is 5.43 Å². The van der Waals surface area contributed by atoms with E-state index in [-0.39, 0.29) is 0 Å². The van der Waals surface area contributed by atoms with Gasteiger partial charge in [-0.1, -0.05) is 54.6 Å². The fraction of sp³-hybridized carbons (Fsp3) is 0.0909. The van der Waals surface area contributed by atoms with Gasteiger partial charge in [-0.25, -0.2) is 4.68 Å². The Morgan fingerprint density at radius 2 is 1.62 bits per heavy atom. The maximum Gasteiger partial charge on any atom is 0.0727 e. The molecule has 1 heterocycles. The predicted molar refractivity (Wildman–Crippen MR) is 108 cm³/mol. The van der Waals surface area contributed by atoms with E-state index in [0.29, 0.717) is 0 Å². The molecule has 0 fully saturated rings. The molecular weight excluding hydrogens is 320 g/mol. The van der Waals surface area contributed by atoms with Gasteiger partial charge in [-0.15, -0.1) is 0 Å². The summed E-state index contributed by atoms with van der Waals surface area (Å²) in [6.45, 7) is 4.09. The van der Waals surface area contributed by atoms with E-state index >= 15 is 0 Å². The summed E-state index contributed by atoms with van der Waals surface area (Å²) in [4.78, 5) is 0. The quantitative estimate of drug-likeness (QED) is 0.415. The largest absolute Gasteiger partial charge is 0.279 e. The molecule has 0 saturated carbocycles. The zero-order valence-corrected chi connectivity index (χ0v) is 14.8. The molecule has 0 bridgehead atoms. The second-order valence-electron chi connectivity index (χ2n) is 6.23. The van der Waals surface area contributed by atoms with Crippen molar-refractivity contribution in [2.45, 2.75) is 13.8 Å². The molecule has 26 heavy (non-hydrogen) atoms. The Labute approximate surface area is 152 Å². The summed E-state index contributed by atoms with van der Waals surface area (Å²) in [7, 11) is 0. The molecule has 0 saturated heterocycles. The Bertz CT molecular complexity index is 1070. The molecule has 1 aromatic heterocycles. The maximum absolute atomic E-state index is 4.75. The molecule has 0 aliphatic heterocycles. The van der Waals surface area contributed by atoms with E-state index in [0.717, 1.165) is 28.3 Å². The number of hydrogen-bond donors (Lipinski definition) is 1. The Hall–Kier alpha value is -3.40. The number of hydrogen-bond acceptors (Lipinski definition) is 3. The average molecular weight is 340 g/mol. The lowest BCUT2D eigenvalue weighted by molar-refractivity contribution is 0.839. The molecular formula is C22H20N4. The van der Waals surface area contributed by atoms with Crippen LogP contribution in [0.25, 0.3) is 16.5 Å². The molecule has 4 nitrogen and oxygen atoms in total. The second-order valence-corrected chi connectivity index (χ2v) is 6.23. The van der Waals surface area contributed by atoms with E-state index in [4.69, 9.17) is 5.10 Å². The third kappa shape index (κ3) is 2.97. The number of hydrazone groups is 1. The zero-order valence-electron chi connectivity index (χ0n) is 14.8. The van der Waals surface area contributed by atoms with Crippen LogP contribution in [-0.2, 0) is 0 Å². The van der Waals surface area contributed by atoms with Crippen LogP contribution >= 0.6 is 0 Å². The first-order valence-electron chi connectivity index (χ1n) is 8.62. The first kappa shape index (κ1) is 16.1. The Morgan fingerprint density at radius 1 is 0.885 bits per heavy atom. The lowest BCUT2D eigenvalue weighted by Gasteiger charge is -2.08. The third-order valence-electron chi connectivity index (χ3n) is 4.50. The molecule has 1 N–H and O–H groups in total. The van der Waals surface area contributed by atoms with E-state index in [9.17, 15) is 0 Å². The minimum atomic E-state index is 0.953. The minimum Gasteiger partial charge on any atom is -0.279 e. The van der Waals surface area contributed by atoms with Crippen LogP contribution in [0.15, 0.2) is 77.9 Å². The first-order valence-corrected chi connectivity index (χ1v) is 8.62. The van der Waals surface area contributed by atoms with Crippen LogP contribution < -0.4 is 5.43 Å². The van der Waals surface area contributed by atoms with Crippen molar-refractivity contribution >= 4 is 22.7 Å². The van der Waals surface area contributed by atoms with Crippen molar-refractivity contribution in [1.82, 2.24) is 9.78 Å². The third-order valence-corrected chi connectivity index (χ3v) is 4.50. The Kier molecular flexibility index (Phi) is 4.23. The van der Waals surface area contributed by atoms with E-state index in [2.05, 4.69) is 59.9 Å². The number of nitrogens with one attached hydrogen (secondary N) is 1. The van der Waals surface area contributed by atoms with Crippen molar-refractivity contribution in [3.05, 3.63) is 89.7 Å². The summed E-state index contributed by atoms with van der Waals surface area (Å²) in [6, 6.07) is 24.6. The van der Waals surface area contributed by atoms with Gasteiger partial charge < -0.3 is 0 Å². The SMILES string of the molecule is Cc1nn(-c2cccc3ccccc23)c(C)c1/C=N/Nc1ccccc1. The molecule has 4 rings (SSSR count). The first-order chi connectivity index (χ1) is 12.7.